The van der Waals surface area contributed by atoms with Crippen molar-refractivity contribution in [2.75, 3.05) is 52.9 Å². The number of aliphatic hydroxyl groups is 1. The molecule has 1 atom stereocenters. The fraction of sp³-hybridized carbons (Fsp3) is 0.412. The van der Waals surface area contributed by atoms with Crippen LogP contribution < -0.4 is 4.74 Å². The minimum atomic E-state index is -4.82. The fourth-order valence-electron chi connectivity index (χ4n) is 5.43. The molecular weight excluding hydrogens is 701 g/mol. The van der Waals surface area contributed by atoms with Gasteiger partial charge in [0.1, 0.15) is 23.0 Å². The van der Waals surface area contributed by atoms with Crippen LogP contribution in [0.1, 0.15) is 42.5 Å². The van der Waals surface area contributed by atoms with Gasteiger partial charge in [-0.3, -0.25) is 5.01 Å². The molecule has 0 amide bonds. The molecule has 0 bridgehead atoms. The van der Waals surface area contributed by atoms with E-state index in [2.05, 4.69) is 20.2 Å². The molecule has 4 aromatic rings. The third kappa shape index (κ3) is 8.58. The van der Waals surface area contributed by atoms with Crippen LogP contribution in [0, 0.1) is 11.6 Å². The smallest absolute Gasteiger partial charge is 0.417 e. The van der Waals surface area contributed by atoms with Crippen molar-refractivity contribution in [3.05, 3.63) is 76.8 Å². The Labute approximate surface area is 293 Å². The Bertz CT molecular complexity index is 1850. The lowest BCUT2D eigenvalue weighted by atomic mass is 9.90. The summed E-state index contributed by atoms with van der Waals surface area (Å²) in [5, 5.41) is 28.9. The van der Waals surface area contributed by atoms with E-state index in [9.17, 15) is 31.9 Å². The quantitative estimate of drug-likeness (QED) is 0.0836. The third-order valence-corrected chi connectivity index (χ3v) is 7.99. The van der Waals surface area contributed by atoms with E-state index < -0.39 is 34.9 Å². The molecule has 2 aromatic carbocycles. The normalized spacial score (nSPS) is 14.0. The fourth-order valence-corrected chi connectivity index (χ4v) is 5.43. The van der Waals surface area contributed by atoms with E-state index in [-0.39, 0.29) is 106 Å². The van der Waals surface area contributed by atoms with Crippen LogP contribution in [-0.4, -0.2) is 95.4 Å². The number of aromatic nitrogens is 3. The zero-order valence-electron chi connectivity index (χ0n) is 27.9. The van der Waals surface area contributed by atoms with E-state index in [4.69, 9.17) is 28.6 Å². The van der Waals surface area contributed by atoms with Gasteiger partial charge >= 0.3 is 12.1 Å². The first kappa shape index (κ1) is 38.3. The third-order valence-electron chi connectivity index (χ3n) is 7.99. The van der Waals surface area contributed by atoms with Gasteiger partial charge in [0.25, 0.3) is 0 Å². The number of imidazole rings is 1. The number of aromatic amines is 1. The maximum Gasteiger partial charge on any atom is 0.417 e. The van der Waals surface area contributed by atoms with Gasteiger partial charge in [-0.05, 0) is 36.8 Å². The highest BCUT2D eigenvalue weighted by molar-refractivity contribution is 5.84. The predicted octanol–water partition coefficient (Wildman–Crippen LogP) is 5.38. The van der Waals surface area contributed by atoms with E-state index in [0.29, 0.717) is 12.1 Å². The average molecular weight is 738 g/mol. The number of rotatable bonds is 19. The number of aliphatic hydroxyl groups excluding tert-OH is 1. The number of carboxylic acids is 1. The molecule has 0 spiro atoms. The van der Waals surface area contributed by atoms with Gasteiger partial charge in [-0.25, -0.2) is 18.6 Å². The summed E-state index contributed by atoms with van der Waals surface area (Å²) in [6.07, 6.45) is -3.36. The number of H-pyrrole nitrogens is 1. The number of hydrazone groups is 1. The lowest BCUT2D eigenvalue weighted by Crippen LogP contribution is -2.51. The van der Waals surface area contributed by atoms with Gasteiger partial charge in [0.15, 0.2) is 17.4 Å². The summed E-state index contributed by atoms with van der Waals surface area (Å²) in [4.78, 5) is 20.5. The molecule has 1 aliphatic heterocycles. The Morgan fingerprint density at radius 3 is 2.40 bits per heavy atom. The molecule has 18 heteroatoms. The monoisotopic (exact) mass is 737 g/mol. The zero-order chi connectivity index (χ0) is 37.3. The number of halogens is 5. The maximum absolute atomic E-state index is 14.6. The highest BCUT2D eigenvalue weighted by Crippen LogP contribution is 2.42. The molecule has 52 heavy (non-hydrogen) atoms. The summed E-state index contributed by atoms with van der Waals surface area (Å²) >= 11 is 0. The number of fused-ring (bicyclic) bond motifs is 1. The second kappa shape index (κ2) is 17.1. The van der Waals surface area contributed by atoms with Gasteiger partial charge < -0.3 is 38.7 Å². The second-order valence-corrected chi connectivity index (χ2v) is 11.5. The largest absolute Gasteiger partial charge is 0.494 e. The number of benzene rings is 2. The van der Waals surface area contributed by atoms with Gasteiger partial charge in [0.2, 0.25) is 5.54 Å². The van der Waals surface area contributed by atoms with Crippen LogP contribution in [0.2, 0.25) is 0 Å². The number of alkyl halides is 3. The molecule has 0 fully saturated rings. The summed E-state index contributed by atoms with van der Waals surface area (Å²) in [6.45, 7) is 2.23. The number of carboxylic acid groups (broad SMARTS) is 1. The van der Waals surface area contributed by atoms with Crippen LogP contribution in [0.25, 0.3) is 22.6 Å². The molecule has 1 unspecified atom stereocenters. The van der Waals surface area contributed by atoms with Crippen molar-refractivity contribution in [2.24, 2.45) is 5.10 Å². The van der Waals surface area contributed by atoms with Crippen LogP contribution in [0.5, 0.6) is 5.75 Å². The Hall–Kier alpha value is -4.91. The summed E-state index contributed by atoms with van der Waals surface area (Å²) in [5.74, 6) is -4.12. The Morgan fingerprint density at radius 1 is 0.981 bits per heavy atom. The van der Waals surface area contributed by atoms with Crippen LogP contribution in [0.15, 0.2) is 52.1 Å². The summed E-state index contributed by atoms with van der Waals surface area (Å²) in [7, 11) is 0. The number of hydrogen-bond donors (Lipinski definition) is 3. The lowest BCUT2D eigenvalue weighted by molar-refractivity contribution is -0.157. The highest BCUT2D eigenvalue weighted by atomic mass is 19.4. The molecule has 0 aliphatic carbocycles. The van der Waals surface area contributed by atoms with E-state index in [1.807, 2.05) is 6.92 Å². The van der Waals surface area contributed by atoms with E-state index in [1.165, 1.54) is 30.5 Å². The van der Waals surface area contributed by atoms with Gasteiger partial charge in [0, 0.05) is 18.1 Å². The molecule has 5 rings (SSSR count). The summed E-state index contributed by atoms with van der Waals surface area (Å²) in [6, 6.07) is 8.03. The lowest BCUT2D eigenvalue weighted by Gasteiger charge is -2.37. The molecule has 0 radical (unpaired) electrons. The molecule has 0 saturated carbocycles. The van der Waals surface area contributed by atoms with Gasteiger partial charge in [0.05, 0.1) is 82.4 Å². The molecule has 2 aromatic heterocycles. The standard InChI is InChI=1S/C34H36F5N5O8/c1-2-10-51-21-6-7-22(24(17-21)34(37,38)39)26-18-29(52-43-26)33(32(46)47,8-11-48-13-15-50-16-14-49-12-9-45)44-20-28-27(19-40-44)41-31(42-28)23-4-3-5-25(35)30(23)36/h3-7,17-19,45H,2,8-16,20H2,1H3,(H,41,42)(H,46,47). The van der Waals surface area contributed by atoms with Crippen LogP contribution in [0.3, 0.4) is 0 Å². The van der Waals surface area contributed by atoms with Crippen LogP contribution in [0.4, 0.5) is 22.0 Å². The number of hydrogen-bond acceptors (Lipinski definition) is 11. The van der Waals surface area contributed by atoms with Crippen molar-refractivity contribution < 1.29 is 60.4 Å². The predicted molar refractivity (Wildman–Crippen MR) is 173 cm³/mol. The first-order valence-electron chi connectivity index (χ1n) is 16.2. The van der Waals surface area contributed by atoms with Gasteiger partial charge in [-0.15, -0.1) is 0 Å². The van der Waals surface area contributed by atoms with Crippen molar-refractivity contribution in [2.45, 2.75) is 38.0 Å². The van der Waals surface area contributed by atoms with E-state index >= 15 is 0 Å². The average Bonchev–Trinajstić information content (AvgIpc) is 3.78. The summed E-state index contributed by atoms with van der Waals surface area (Å²) in [5.41, 5.74) is -3.58. The van der Waals surface area contributed by atoms with Crippen molar-refractivity contribution in [1.82, 2.24) is 20.1 Å². The first-order chi connectivity index (χ1) is 25.0. The first-order valence-corrected chi connectivity index (χ1v) is 16.2. The minimum absolute atomic E-state index is 0.00385. The minimum Gasteiger partial charge on any atom is -0.494 e. The van der Waals surface area contributed by atoms with Gasteiger partial charge in [-0.1, -0.05) is 18.1 Å². The van der Waals surface area contributed by atoms with E-state index in [0.717, 1.165) is 23.2 Å². The molecule has 3 heterocycles. The zero-order valence-corrected chi connectivity index (χ0v) is 27.9. The van der Waals surface area contributed by atoms with Crippen molar-refractivity contribution in [3.8, 4) is 28.4 Å². The molecule has 3 N–H and O–H groups in total. The molecule has 0 saturated heterocycles. The second-order valence-electron chi connectivity index (χ2n) is 11.5. The number of nitrogens with one attached hydrogen (secondary N) is 1. The molecule has 280 valence electrons. The Balaban J connectivity index is 1.45. The molecule has 13 nitrogen and oxygen atoms in total. The maximum atomic E-state index is 14.6. The topological polar surface area (TPSA) is 165 Å². The summed E-state index contributed by atoms with van der Waals surface area (Å²) < 4.78 is 98.4. The highest BCUT2D eigenvalue weighted by Gasteiger charge is 2.51. The Morgan fingerprint density at radius 2 is 1.71 bits per heavy atom. The van der Waals surface area contributed by atoms with Crippen molar-refractivity contribution >= 4 is 12.2 Å². The van der Waals surface area contributed by atoms with Crippen LogP contribution in [-0.2, 0) is 37.3 Å². The van der Waals surface area contributed by atoms with Gasteiger partial charge in [-0.2, -0.15) is 18.3 Å². The number of ether oxygens (including phenoxy) is 4. The molecular formula is C34H36F5N5O8. The SMILES string of the molecule is CCCOc1ccc(-c2cc(C(CCOCCOCCOCCO)(C(=O)O)N3Cc4[nH]c(-c5cccc(F)c5F)nc4C=N3)on2)c(C(F)(F)F)c1. The number of aliphatic carboxylic acids is 1. The van der Waals surface area contributed by atoms with Crippen LogP contribution >= 0.6 is 0 Å². The Kier molecular flexibility index (Phi) is 12.6. The van der Waals surface area contributed by atoms with E-state index in [1.54, 1.807) is 0 Å². The number of carbonyl (C=O) groups is 1. The number of nitrogens with zero attached hydrogens (tertiary/aromatic N) is 4. The van der Waals surface area contributed by atoms with Crippen molar-refractivity contribution in [1.29, 1.82) is 0 Å². The molecule has 1 aliphatic rings. The van der Waals surface area contributed by atoms with Crippen molar-refractivity contribution in [3.63, 3.8) is 0 Å².